The van der Waals surface area contributed by atoms with Gasteiger partial charge >= 0.3 is 5.97 Å². The van der Waals surface area contributed by atoms with Crippen molar-refractivity contribution in [2.45, 2.75) is 39.5 Å². The maximum atomic E-state index is 11.2. The highest BCUT2D eigenvalue weighted by atomic mass is 32.1. The average Bonchev–Trinajstić information content (AvgIpc) is 2.87. The molecule has 0 aliphatic carbocycles. The second-order valence-electron chi connectivity index (χ2n) is 5.21. The Labute approximate surface area is 134 Å². The van der Waals surface area contributed by atoms with Gasteiger partial charge in [0.2, 0.25) is 0 Å². The molecule has 2 rings (SSSR count). The zero-order chi connectivity index (χ0) is 15.9. The average molecular weight is 319 g/mol. The molecular weight excluding hydrogens is 298 g/mol. The van der Waals surface area contributed by atoms with Crippen molar-refractivity contribution in [1.29, 1.82) is 0 Å². The van der Waals surface area contributed by atoms with Crippen molar-refractivity contribution >= 4 is 17.3 Å². The Morgan fingerprint density at radius 2 is 2.18 bits per heavy atom. The fraction of sp³-hybridized carbons (Fsp3) is 0.412. The number of hydrogen-bond donors (Lipinski definition) is 1. The molecule has 1 N–H and O–H groups in total. The first-order valence-electron chi connectivity index (χ1n) is 7.51. The SMILES string of the molecule is CCCc1nc(CCCOc2cccc(C)c2)sc1C(=O)O. The van der Waals surface area contributed by atoms with Crippen LogP contribution >= 0.6 is 11.3 Å². The number of aromatic nitrogens is 1. The lowest BCUT2D eigenvalue weighted by Gasteiger charge is -2.05. The Bertz CT molecular complexity index is 637. The minimum atomic E-state index is -0.872. The summed E-state index contributed by atoms with van der Waals surface area (Å²) in [6.45, 7) is 4.67. The van der Waals surface area contributed by atoms with Crippen molar-refractivity contribution in [3.8, 4) is 5.75 Å². The van der Waals surface area contributed by atoms with Crippen LogP contribution in [0.15, 0.2) is 24.3 Å². The molecule has 2 aromatic rings. The molecule has 1 aromatic carbocycles. The molecule has 0 amide bonds. The van der Waals surface area contributed by atoms with Gasteiger partial charge in [0, 0.05) is 6.42 Å². The summed E-state index contributed by atoms with van der Waals surface area (Å²) >= 11 is 1.29. The molecule has 22 heavy (non-hydrogen) atoms. The fourth-order valence-electron chi connectivity index (χ4n) is 2.20. The van der Waals surface area contributed by atoms with Crippen LogP contribution in [0.2, 0.25) is 0 Å². The van der Waals surface area contributed by atoms with Gasteiger partial charge in [0.05, 0.1) is 17.3 Å². The van der Waals surface area contributed by atoms with Crippen molar-refractivity contribution in [2.75, 3.05) is 6.61 Å². The number of nitrogens with zero attached hydrogens (tertiary/aromatic N) is 1. The van der Waals surface area contributed by atoms with Crippen LogP contribution in [-0.4, -0.2) is 22.7 Å². The number of hydrogen-bond acceptors (Lipinski definition) is 4. The van der Waals surface area contributed by atoms with Crippen molar-refractivity contribution < 1.29 is 14.6 Å². The molecule has 0 radical (unpaired) electrons. The van der Waals surface area contributed by atoms with Crippen LogP contribution in [-0.2, 0) is 12.8 Å². The van der Waals surface area contributed by atoms with Crippen molar-refractivity contribution in [1.82, 2.24) is 4.98 Å². The minimum Gasteiger partial charge on any atom is -0.494 e. The van der Waals surface area contributed by atoms with E-state index in [1.807, 2.05) is 38.1 Å². The summed E-state index contributed by atoms with van der Waals surface area (Å²) in [5, 5.41) is 10.1. The second-order valence-corrected chi connectivity index (χ2v) is 6.29. The maximum absolute atomic E-state index is 11.2. The lowest BCUT2D eigenvalue weighted by Crippen LogP contribution is -2.00. The Morgan fingerprint density at radius 3 is 2.86 bits per heavy atom. The zero-order valence-electron chi connectivity index (χ0n) is 13.0. The third kappa shape index (κ3) is 4.56. The number of carbonyl (C=O) groups is 1. The van der Waals surface area contributed by atoms with Crippen LogP contribution in [0.5, 0.6) is 5.75 Å². The third-order valence-electron chi connectivity index (χ3n) is 3.22. The number of carboxylic acids is 1. The van der Waals surface area contributed by atoms with Gasteiger partial charge in [0.15, 0.2) is 0 Å². The quantitative estimate of drug-likeness (QED) is 0.744. The number of rotatable bonds is 8. The first-order valence-corrected chi connectivity index (χ1v) is 8.33. The largest absolute Gasteiger partial charge is 0.494 e. The van der Waals surface area contributed by atoms with E-state index < -0.39 is 5.97 Å². The predicted molar refractivity (Wildman–Crippen MR) is 88.1 cm³/mol. The van der Waals surface area contributed by atoms with E-state index in [-0.39, 0.29) is 0 Å². The molecule has 0 aliphatic heterocycles. The Morgan fingerprint density at radius 1 is 1.36 bits per heavy atom. The summed E-state index contributed by atoms with van der Waals surface area (Å²) in [5.41, 5.74) is 1.89. The lowest BCUT2D eigenvalue weighted by molar-refractivity contribution is 0.0700. The molecular formula is C17H21NO3S. The van der Waals surface area contributed by atoms with Crippen molar-refractivity contribution in [3.63, 3.8) is 0 Å². The smallest absolute Gasteiger partial charge is 0.347 e. The second kappa shape index (κ2) is 7.94. The Hall–Kier alpha value is -1.88. The van der Waals surface area contributed by atoms with Gasteiger partial charge in [-0.15, -0.1) is 11.3 Å². The first-order chi connectivity index (χ1) is 10.6. The van der Waals surface area contributed by atoms with Gasteiger partial charge in [0.1, 0.15) is 10.6 Å². The standard InChI is InChI=1S/C17H21NO3S/c1-3-6-14-16(17(19)20)22-15(18-14)9-5-10-21-13-8-4-7-12(2)11-13/h4,7-8,11H,3,5-6,9-10H2,1-2H3,(H,19,20). The van der Waals surface area contributed by atoms with E-state index in [0.717, 1.165) is 42.1 Å². The Kier molecular flexibility index (Phi) is 5.95. The van der Waals surface area contributed by atoms with E-state index in [9.17, 15) is 9.90 Å². The number of carboxylic acid groups (broad SMARTS) is 1. The number of thiazole rings is 1. The molecule has 0 saturated carbocycles. The van der Waals surface area contributed by atoms with Crippen molar-refractivity contribution in [3.05, 3.63) is 45.4 Å². The predicted octanol–water partition coefficient (Wildman–Crippen LogP) is 4.11. The fourth-order valence-corrected chi connectivity index (χ4v) is 3.19. The van der Waals surface area contributed by atoms with E-state index in [4.69, 9.17) is 4.74 Å². The van der Waals surface area contributed by atoms with Crippen LogP contribution in [0.25, 0.3) is 0 Å². The molecule has 0 saturated heterocycles. The third-order valence-corrected chi connectivity index (χ3v) is 4.36. The van der Waals surface area contributed by atoms with Gasteiger partial charge in [-0.3, -0.25) is 0 Å². The van der Waals surface area contributed by atoms with Crippen LogP contribution in [0.1, 0.15) is 45.7 Å². The van der Waals surface area contributed by atoms with Gasteiger partial charge < -0.3 is 9.84 Å². The number of ether oxygens (including phenoxy) is 1. The number of aryl methyl sites for hydroxylation is 3. The summed E-state index contributed by atoms with van der Waals surface area (Å²) in [6, 6.07) is 7.95. The molecule has 4 nitrogen and oxygen atoms in total. The van der Waals surface area contributed by atoms with Gasteiger partial charge in [0.25, 0.3) is 0 Å². The summed E-state index contributed by atoms with van der Waals surface area (Å²) in [6.07, 6.45) is 3.20. The maximum Gasteiger partial charge on any atom is 0.347 e. The van der Waals surface area contributed by atoms with Crippen LogP contribution in [0, 0.1) is 6.92 Å². The van der Waals surface area contributed by atoms with Gasteiger partial charge in [-0.05, 0) is 37.5 Å². The highest BCUT2D eigenvalue weighted by Gasteiger charge is 2.16. The first kappa shape index (κ1) is 16.5. The zero-order valence-corrected chi connectivity index (χ0v) is 13.8. The molecule has 0 fully saturated rings. The van der Waals surface area contributed by atoms with Crippen LogP contribution in [0.3, 0.4) is 0 Å². The summed E-state index contributed by atoms with van der Waals surface area (Å²) in [5.74, 6) is 0.000228. The number of benzene rings is 1. The molecule has 1 heterocycles. The number of aromatic carboxylic acids is 1. The molecule has 0 aliphatic rings. The molecule has 1 aromatic heterocycles. The minimum absolute atomic E-state index is 0.386. The topological polar surface area (TPSA) is 59.4 Å². The van der Waals surface area contributed by atoms with Crippen LogP contribution in [0.4, 0.5) is 0 Å². The molecule has 0 spiro atoms. The van der Waals surface area contributed by atoms with Crippen LogP contribution < -0.4 is 4.74 Å². The van der Waals surface area contributed by atoms with E-state index in [1.165, 1.54) is 16.9 Å². The van der Waals surface area contributed by atoms with Gasteiger partial charge in [-0.2, -0.15) is 0 Å². The summed E-state index contributed by atoms with van der Waals surface area (Å²) < 4.78 is 5.70. The highest BCUT2D eigenvalue weighted by molar-refractivity contribution is 7.13. The molecule has 118 valence electrons. The normalized spacial score (nSPS) is 10.6. The molecule has 5 heteroatoms. The van der Waals surface area contributed by atoms with Gasteiger partial charge in [-0.1, -0.05) is 25.5 Å². The highest BCUT2D eigenvalue weighted by Crippen LogP contribution is 2.21. The van der Waals surface area contributed by atoms with E-state index in [0.29, 0.717) is 11.5 Å². The summed E-state index contributed by atoms with van der Waals surface area (Å²) in [4.78, 5) is 16.1. The molecule has 0 atom stereocenters. The van der Waals surface area contributed by atoms with E-state index in [1.54, 1.807) is 0 Å². The monoisotopic (exact) mass is 319 g/mol. The van der Waals surface area contributed by atoms with Gasteiger partial charge in [-0.25, -0.2) is 9.78 Å². The Balaban J connectivity index is 1.86. The van der Waals surface area contributed by atoms with Crippen molar-refractivity contribution in [2.24, 2.45) is 0 Å². The lowest BCUT2D eigenvalue weighted by atomic mass is 10.2. The summed E-state index contributed by atoms with van der Waals surface area (Å²) in [7, 11) is 0. The molecule has 0 bridgehead atoms. The van der Waals surface area contributed by atoms with E-state index >= 15 is 0 Å². The van der Waals surface area contributed by atoms with E-state index in [2.05, 4.69) is 4.98 Å². The molecule has 0 unspecified atom stereocenters.